The maximum atomic E-state index is 12.2. The number of benzene rings is 1. The predicted octanol–water partition coefficient (Wildman–Crippen LogP) is 2.64. The van der Waals surface area contributed by atoms with E-state index in [2.05, 4.69) is 22.3 Å². The van der Waals surface area contributed by atoms with Gasteiger partial charge in [-0.05, 0) is 18.4 Å². The lowest BCUT2D eigenvalue weighted by molar-refractivity contribution is 0.280. The standard InChI is InChI=1S/C17H20N4O2S/c1-2-6-13-11-15(23)21-17(18-13)24-16(20-21)19-14(9-10-22)12-7-4-3-5-8-12/h3-5,7-8,11,14,22H,2,6,9-10H2,1H3,(H,19,20)/t14-/m0/s1. The van der Waals surface area contributed by atoms with Crippen molar-refractivity contribution in [1.82, 2.24) is 14.6 Å². The van der Waals surface area contributed by atoms with Gasteiger partial charge in [-0.15, -0.1) is 5.10 Å². The van der Waals surface area contributed by atoms with Gasteiger partial charge in [-0.25, -0.2) is 4.98 Å². The Morgan fingerprint density at radius 2 is 2.12 bits per heavy atom. The zero-order valence-corrected chi connectivity index (χ0v) is 14.3. The van der Waals surface area contributed by atoms with Crippen molar-refractivity contribution in [2.75, 3.05) is 11.9 Å². The Labute approximate surface area is 143 Å². The molecule has 3 rings (SSSR count). The molecule has 0 spiro atoms. The minimum absolute atomic E-state index is 0.0658. The van der Waals surface area contributed by atoms with Gasteiger partial charge in [-0.3, -0.25) is 4.79 Å². The normalized spacial score (nSPS) is 12.4. The Bertz CT molecular complexity index is 860. The number of hydrogen-bond donors (Lipinski definition) is 2. The Kier molecular flexibility index (Phi) is 5.22. The first-order valence-corrected chi connectivity index (χ1v) is 8.85. The first kappa shape index (κ1) is 16.6. The van der Waals surface area contributed by atoms with Crippen molar-refractivity contribution in [3.8, 4) is 0 Å². The predicted molar refractivity (Wildman–Crippen MR) is 95.6 cm³/mol. The lowest BCUT2D eigenvalue weighted by Crippen LogP contribution is -2.16. The highest BCUT2D eigenvalue weighted by Gasteiger charge is 2.15. The summed E-state index contributed by atoms with van der Waals surface area (Å²) in [7, 11) is 0. The monoisotopic (exact) mass is 344 g/mol. The van der Waals surface area contributed by atoms with Gasteiger partial charge in [0.25, 0.3) is 5.56 Å². The van der Waals surface area contributed by atoms with Crippen molar-refractivity contribution in [3.05, 3.63) is 58.0 Å². The first-order valence-electron chi connectivity index (χ1n) is 8.03. The molecule has 2 aromatic heterocycles. The maximum absolute atomic E-state index is 12.2. The van der Waals surface area contributed by atoms with Gasteiger partial charge in [0.05, 0.1) is 6.04 Å². The first-order chi connectivity index (χ1) is 11.7. The van der Waals surface area contributed by atoms with Crippen LogP contribution in [0.15, 0.2) is 41.2 Å². The third-order valence-corrected chi connectivity index (χ3v) is 4.56. The summed E-state index contributed by atoms with van der Waals surface area (Å²) in [6.07, 6.45) is 2.28. The van der Waals surface area contributed by atoms with Crippen molar-refractivity contribution in [2.45, 2.75) is 32.2 Å². The SMILES string of the molecule is CCCc1cc(=O)n2nc(N[C@@H](CCO)c3ccccc3)sc2n1. The number of nitrogens with one attached hydrogen (secondary N) is 1. The molecule has 1 atom stereocenters. The van der Waals surface area contributed by atoms with E-state index in [1.807, 2.05) is 30.3 Å². The Morgan fingerprint density at radius 1 is 1.33 bits per heavy atom. The van der Waals surface area contributed by atoms with Crippen molar-refractivity contribution >= 4 is 21.4 Å². The second-order valence-corrected chi connectivity index (χ2v) is 6.51. The second kappa shape index (κ2) is 7.55. The molecule has 1 aromatic carbocycles. The minimum atomic E-state index is -0.161. The molecule has 7 heteroatoms. The molecular formula is C17H20N4O2S. The molecule has 6 nitrogen and oxygen atoms in total. The summed E-state index contributed by atoms with van der Waals surface area (Å²) < 4.78 is 1.33. The van der Waals surface area contributed by atoms with E-state index in [4.69, 9.17) is 0 Å². The van der Waals surface area contributed by atoms with E-state index >= 15 is 0 Å². The summed E-state index contributed by atoms with van der Waals surface area (Å²) >= 11 is 1.35. The van der Waals surface area contributed by atoms with Gasteiger partial charge in [0, 0.05) is 18.4 Å². The van der Waals surface area contributed by atoms with Crippen molar-refractivity contribution in [3.63, 3.8) is 0 Å². The highest BCUT2D eigenvalue weighted by molar-refractivity contribution is 7.20. The van der Waals surface area contributed by atoms with Crippen LogP contribution in [0.1, 0.15) is 37.1 Å². The third-order valence-electron chi connectivity index (χ3n) is 3.72. The third kappa shape index (κ3) is 3.63. The number of fused-ring (bicyclic) bond motifs is 1. The average Bonchev–Trinajstić information content (AvgIpc) is 2.99. The van der Waals surface area contributed by atoms with Crippen molar-refractivity contribution in [1.29, 1.82) is 0 Å². The fourth-order valence-electron chi connectivity index (χ4n) is 2.58. The minimum Gasteiger partial charge on any atom is -0.396 e. The van der Waals surface area contributed by atoms with E-state index in [1.165, 1.54) is 15.9 Å². The fraction of sp³-hybridized carbons (Fsp3) is 0.353. The van der Waals surface area contributed by atoms with Crippen LogP contribution in [0.2, 0.25) is 0 Å². The van der Waals surface area contributed by atoms with Crippen LogP contribution in [0.5, 0.6) is 0 Å². The summed E-state index contributed by atoms with van der Waals surface area (Å²) in [5, 5.41) is 17.6. The van der Waals surface area contributed by atoms with Crippen LogP contribution >= 0.6 is 11.3 Å². The molecule has 0 unspecified atom stereocenters. The highest BCUT2D eigenvalue weighted by Crippen LogP contribution is 2.25. The van der Waals surface area contributed by atoms with Crippen LogP contribution in [0.25, 0.3) is 4.96 Å². The number of aliphatic hydroxyl groups excluding tert-OH is 1. The van der Waals surface area contributed by atoms with E-state index < -0.39 is 0 Å². The number of aryl methyl sites for hydroxylation is 1. The van der Waals surface area contributed by atoms with Crippen molar-refractivity contribution in [2.24, 2.45) is 0 Å². The van der Waals surface area contributed by atoms with Gasteiger partial charge in [-0.1, -0.05) is 55.0 Å². The molecular weight excluding hydrogens is 324 g/mol. The van der Waals surface area contributed by atoms with Gasteiger partial charge >= 0.3 is 0 Å². The molecule has 0 aliphatic carbocycles. The number of rotatable bonds is 7. The molecule has 0 saturated carbocycles. The molecule has 0 fully saturated rings. The smallest absolute Gasteiger partial charge is 0.275 e. The molecule has 0 aliphatic rings. The van der Waals surface area contributed by atoms with E-state index in [1.54, 1.807) is 6.07 Å². The maximum Gasteiger partial charge on any atom is 0.275 e. The molecule has 0 amide bonds. The van der Waals surface area contributed by atoms with E-state index in [0.717, 1.165) is 24.1 Å². The van der Waals surface area contributed by atoms with Gasteiger partial charge < -0.3 is 10.4 Å². The van der Waals surface area contributed by atoms with Crippen LogP contribution in [0.4, 0.5) is 5.13 Å². The number of hydrogen-bond acceptors (Lipinski definition) is 6. The van der Waals surface area contributed by atoms with Crippen LogP contribution in [-0.4, -0.2) is 26.3 Å². The van der Waals surface area contributed by atoms with E-state index in [0.29, 0.717) is 16.5 Å². The number of anilines is 1. The number of aromatic nitrogens is 3. The quantitative estimate of drug-likeness (QED) is 0.689. The average molecular weight is 344 g/mol. The highest BCUT2D eigenvalue weighted by atomic mass is 32.1. The summed E-state index contributed by atoms with van der Waals surface area (Å²) in [4.78, 5) is 17.3. The van der Waals surface area contributed by atoms with Gasteiger partial charge in [0.2, 0.25) is 10.1 Å². The Balaban J connectivity index is 1.91. The van der Waals surface area contributed by atoms with E-state index in [9.17, 15) is 9.90 Å². The topological polar surface area (TPSA) is 79.5 Å². The van der Waals surface area contributed by atoms with Crippen LogP contribution in [0, 0.1) is 0 Å². The molecule has 2 heterocycles. The van der Waals surface area contributed by atoms with Crippen LogP contribution in [-0.2, 0) is 6.42 Å². The molecule has 0 bridgehead atoms. The Hall–Kier alpha value is -2.25. The number of nitrogens with zero attached hydrogens (tertiary/aromatic N) is 3. The summed E-state index contributed by atoms with van der Waals surface area (Å²) in [5.74, 6) is 0. The van der Waals surface area contributed by atoms with Crippen LogP contribution < -0.4 is 10.9 Å². The zero-order valence-electron chi connectivity index (χ0n) is 13.5. The molecule has 3 aromatic rings. The lowest BCUT2D eigenvalue weighted by atomic mass is 10.0. The molecule has 0 radical (unpaired) electrons. The summed E-state index contributed by atoms with van der Waals surface area (Å²) in [5.41, 5.74) is 1.71. The molecule has 2 N–H and O–H groups in total. The van der Waals surface area contributed by atoms with Gasteiger partial charge in [0.1, 0.15) is 0 Å². The molecule has 0 aliphatic heterocycles. The van der Waals surface area contributed by atoms with Gasteiger partial charge in [0.15, 0.2) is 0 Å². The van der Waals surface area contributed by atoms with Crippen LogP contribution in [0.3, 0.4) is 0 Å². The molecule has 24 heavy (non-hydrogen) atoms. The van der Waals surface area contributed by atoms with Gasteiger partial charge in [-0.2, -0.15) is 4.52 Å². The fourth-order valence-corrected chi connectivity index (χ4v) is 3.46. The van der Waals surface area contributed by atoms with E-state index in [-0.39, 0.29) is 18.2 Å². The largest absolute Gasteiger partial charge is 0.396 e. The molecule has 0 saturated heterocycles. The van der Waals surface area contributed by atoms with Crippen molar-refractivity contribution < 1.29 is 5.11 Å². The summed E-state index contributed by atoms with van der Waals surface area (Å²) in [6, 6.07) is 11.4. The second-order valence-electron chi connectivity index (χ2n) is 5.56. The molecule has 126 valence electrons. The lowest BCUT2D eigenvalue weighted by Gasteiger charge is -2.17. The number of aliphatic hydroxyl groups is 1. The zero-order chi connectivity index (χ0) is 16.9. The Morgan fingerprint density at radius 3 is 2.83 bits per heavy atom. The summed E-state index contributed by atoms with van der Waals surface area (Å²) in [6.45, 7) is 2.12.